The highest BCUT2D eigenvalue weighted by Gasteiger charge is 2.33. The molecule has 2 aliphatic rings. The summed E-state index contributed by atoms with van der Waals surface area (Å²) < 4.78 is 6.97. The Bertz CT molecular complexity index is 4710. The van der Waals surface area contributed by atoms with Crippen LogP contribution >= 0.6 is 34.8 Å². The third-order valence-electron chi connectivity index (χ3n) is 14.8. The molecule has 0 aliphatic heterocycles. The smallest absolute Gasteiger partial charge is 0.257 e. The standard InChI is InChI=1S/C18H23ClN2O4.C17H19ClN2O4.C17H20N2O4.C16H19ClN2O4/c1-17(2,3)20-16(25)9-8-21(18(4,5)6)10-7-11(22)15(24)13(19)12(10)14(9)23;1-17(2,3)19-16(24)9-7-20(8-4-5-8)10-6-11(21)15(23)13(18)12(10)14(9)22;1-17(2,3)18-16(23)11-8-19(9-4-5-9)12-7-14(21)13(20)6-10(12)15(11)22;1-7(2)18-16(23)9-6-19(8(3)4)10-5-11(20)15(22)13(17)12(10)14(9)21/h7-8,22,24H,1-6H3,(H,20,25);6-8,21,23H,4-5H2,1-3H3,(H,19,24);6-9,20-21H,4-5H2,1-3H3,(H,18,23);5-8,20,22H,1-4H3,(H,18,23). The predicted molar refractivity (Wildman–Crippen MR) is 367 cm³/mol. The molecule has 0 radical (unpaired) electrons. The lowest BCUT2D eigenvalue weighted by molar-refractivity contribution is 0.0908. The van der Waals surface area contributed by atoms with Gasteiger partial charge in [0, 0.05) is 95.4 Å². The van der Waals surface area contributed by atoms with Crippen molar-refractivity contribution in [2.24, 2.45) is 0 Å². The summed E-state index contributed by atoms with van der Waals surface area (Å²) in [5.41, 5.74) is -2.68. The Hall–Kier alpha value is -9.13. The van der Waals surface area contributed by atoms with Gasteiger partial charge in [0.05, 0.1) is 58.7 Å². The van der Waals surface area contributed by atoms with Gasteiger partial charge in [0.2, 0.25) is 21.7 Å². The fourth-order valence-electron chi connectivity index (χ4n) is 10.2. The zero-order valence-electron chi connectivity index (χ0n) is 55.6. The molecule has 8 aromatic rings. The molecule has 4 aromatic heterocycles. The van der Waals surface area contributed by atoms with E-state index in [0.717, 1.165) is 25.7 Å². The lowest BCUT2D eigenvalue weighted by Gasteiger charge is -2.27. The second-order valence-electron chi connectivity index (χ2n) is 28.3. The van der Waals surface area contributed by atoms with Gasteiger partial charge in [-0.1, -0.05) is 34.8 Å². The number of rotatable bonds is 8. The van der Waals surface area contributed by atoms with E-state index in [9.17, 15) is 79.2 Å². The van der Waals surface area contributed by atoms with E-state index in [1.165, 1.54) is 48.9 Å². The van der Waals surface area contributed by atoms with Crippen molar-refractivity contribution >= 4 is 102 Å². The van der Waals surface area contributed by atoms with Crippen molar-refractivity contribution in [3.63, 3.8) is 0 Å². The summed E-state index contributed by atoms with van der Waals surface area (Å²) in [4.78, 5) is 101. The number of halogens is 3. The molecule has 0 unspecified atom stereocenters. The van der Waals surface area contributed by atoms with Gasteiger partial charge in [-0.3, -0.25) is 38.4 Å². The number of amides is 4. The molecule has 27 heteroatoms. The number of nitrogens with zero attached hydrogens (tertiary/aromatic N) is 4. The zero-order valence-corrected chi connectivity index (χ0v) is 57.9. The number of fused-ring (bicyclic) bond motifs is 4. The number of carbonyl (C=O) groups excluding carboxylic acids is 4. The Morgan fingerprint density at radius 2 is 0.758 bits per heavy atom. The van der Waals surface area contributed by atoms with E-state index < -0.39 is 102 Å². The Kier molecular flexibility index (Phi) is 20.8. The first kappa shape index (κ1) is 73.3. The Balaban J connectivity index is 0.000000179. The van der Waals surface area contributed by atoms with Gasteiger partial charge in [-0.25, -0.2) is 0 Å². The number of benzene rings is 4. The molecule has 12 N–H and O–H groups in total. The number of aromatic hydroxyl groups is 8. The molecule has 2 aliphatic carbocycles. The molecule has 2 saturated carbocycles. The number of carbonyl (C=O) groups is 4. The van der Waals surface area contributed by atoms with Gasteiger partial charge in [0.25, 0.3) is 23.6 Å². The van der Waals surface area contributed by atoms with Crippen LogP contribution in [-0.4, -0.2) is 105 Å². The number of phenolic OH excluding ortho intramolecular Hbond substituents is 8. The summed E-state index contributed by atoms with van der Waals surface area (Å²) >= 11 is 18.2. The molecule has 4 amide bonds. The van der Waals surface area contributed by atoms with Crippen LogP contribution in [0.3, 0.4) is 0 Å². The fourth-order valence-corrected chi connectivity index (χ4v) is 11.0. The van der Waals surface area contributed by atoms with Crippen molar-refractivity contribution < 1.29 is 60.0 Å². The molecular formula is C68H81Cl3N8O16. The van der Waals surface area contributed by atoms with Gasteiger partial charge in [0.15, 0.2) is 46.0 Å². The summed E-state index contributed by atoms with van der Waals surface area (Å²) in [5, 5.41) is 88.9. The van der Waals surface area contributed by atoms with Crippen LogP contribution in [-0.2, 0) is 5.54 Å². The van der Waals surface area contributed by atoms with Crippen molar-refractivity contribution in [1.29, 1.82) is 0 Å². The van der Waals surface area contributed by atoms with Crippen molar-refractivity contribution in [1.82, 2.24) is 39.5 Å². The number of pyridine rings is 4. The number of aromatic nitrogens is 4. The van der Waals surface area contributed by atoms with Crippen LogP contribution in [0.15, 0.2) is 74.3 Å². The van der Waals surface area contributed by atoms with E-state index in [1.807, 2.05) is 101 Å². The molecule has 95 heavy (non-hydrogen) atoms. The largest absolute Gasteiger partial charge is 0.504 e. The number of hydrogen-bond acceptors (Lipinski definition) is 16. The minimum Gasteiger partial charge on any atom is -0.504 e. The molecule has 24 nitrogen and oxygen atoms in total. The Labute approximate surface area is 560 Å². The zero-order chi connectivity index (χ0) is 71.5. The Morgan fingerprint density at radius 3 is 1.14 bits per heavy atom. The maximum atomic E-state index is 12.9. The van der Waals surface area contributed by atoms with Crippen LogP contribution in [0.25, 0.3) is 43.6 Å². The first-order chi connectivity index (χ1) is 43.7. The SMILES string of the molecule is CC(C)(C)NC(=O)c1cn(C(C)(C)C)c2cc(O)c(O)c(Cl)c2c1=O.CC(C)(C)NC(=O)c1cn(C2CC2)c2cc(O)c(O)c(Cl)c2c1=O.CC(C)(C)NC(=O)c1cn(C2CC2)c2cc(O)c(O)cc2c1=O.CC(C)NC(=O)c1cn(C(C)C)c2cc(O)c(O)c(Cl)c2c1=O. The van der Waals surface area contributed by atoms with Crippen LogP contribution in [0.5, 0.6) is 46.0 Å². The van der Waals surface area contributed by atoms with E-state index >= 15 is 0 Å². The minimum absolute atomic E-state index is 0.00606. The van der Waals surface area contributed by atoms with Crippen LogP contribution in [0.4, 0.5) is 0 Å². The fraction of sp³-hybridized carbons (Fsp3) is 0.412. The van der Waals surface area contributed by atoms with Crippen molar-refractivity contribution in [3.05, 3.63) is 133 Å². The van der Waals surface area contributed by atoms with Gasteiger partial charge in [0.1, 0.15) is 22.3 Å². The second kappa shape index (κ2) is 26.9. The summed E-state index contributed by atoms with van der Waals surface area (Å²) in [6.07, 6.45) is 9.71. The first-order valence-electron chi connectivity index (χ1n) is 30.4. The van der Waals surface area contributed by atoms with Gasteiger partial charge >= 0.3 is 0 Å². The first-order valence-corrected chi connectivity index (χ1v) is 31.6. The summed E-state index contributed by atoms with van der Waals surface area (Å²) in [7, 11) is 0. The molecular weight excluding hydrogens is 1290 g/mol. The molecule has 0 saturated heterocycles. The lowest BCUT2D eigenvalue weighted by atomic mass is 10.0. The van der Waals surface area contributed by atoms with Crippen molar-refractivity contribution in [2.45, 2.75) is 183 Å². The average Bonchev–Trinajstić information content (AvgIpc) is 0.850. The van der Waals surface area contributed by atoms with Crippen molar-refractivity contribution in [3.8, 4) is 46.0 Å². The number of hydrogen-bond donors (Lipinski definition) is 12. The minimum atomic E-state index is -0.599. The van der Waals surface area contributed by atoms with Crippen LogP contribution < -0.4 is 43.0 Å². The summed E-state index contributed by atoms with van der Waals surface area (Å²) in [6.45, 7) is 29.4. The van der Waals surface area contributed by atoms with Gasteiger partial charge in [-0.2, -0.15) is 0 Å². The van der Waals surface area contributed by atoms with E-state index in [1.54, 1.807) is 33.7 Å². The van der Waals surface area contributed by atoms with Crippen molar-refractivity contribution in [2.75, 3.05) is 0 Å². The van der Waals surface area contributed by atoms with Crippen LogP contribution in [0.1, 0.15) is 196 Å². The van der Waals surface area contributed by atoms with Crippen LogP contribution in [0, 0.1) is 0 Å². The quantitative estimate of drug-likeness (QED) is 0.0629. The lowest BCUT2D eigenvalue weighted by Crippen LogP contribution is -2.43. The topological polar surface area (TPSA) is 366 Å². The Morgan fingerprint density at radius 1 is 0.432 bits per heavy atom. The maximum Gasteiger partial charge on any atom is 0.257 e. The summed E-state index contributed by atoms with van der Waals surface area (Å²) in [5.74, 6) is -5.58. The molecule has 510 valence electrons. The predicted octanol–water partition coefficient (Wildman–Crippen LogP) is 11.3. The highest BCUT2D eigenvalue weighted by molar-refractivity contribution is 6.38. The van der Waals surface area contributed by atoms with Crippen LogP contribution in [0.2, 0.25) is 15.1 Å². The molecule has 0 spiro atoms. The van der Waals surface area contributed by atoms with E-state index in [0.29, 0.717) is 22.1 Å². The molecule has 0 atom stereocenters. The molecule has 10 rings (SSSR count). The van der Waals surface area contributed by atoms with E-state index in [-0.39, 0.29) is 94.5 Å². The number of phenols is 8. The number of nitrogens with one attached hydrogen (secondary N) is 4. The molecule has 0 bridgehead atoms. The molecule has 4 heterocycles. The van der Waals surface area contributed by atoms with E-state index in [4.69, 9.17) is 34.8 Å². The highest BCUT2D eigenvalue weighted by Crippen LogP contribution is 2.44. The highest BCUT2D eigenvalue weighted by atomic mass is 35.5. The summed E-state index contributed by atoms with van der Waals surface area (Å²) in [6, 6.07) is 6.57. The molecule has 2 fully saturated rings. The van der Waals surface area contributed by atoms with Gasteiger partial charge in [-0.15, -0.1) is 0 Å². The average molecular weight is 1370 g/mol. The van der Waals surface area contributed by atoms with E-state index in [2.05, 4.69) is 21.3 Å². The second-order valence-corrected chi connectivity index (χ2v) is 29.4. The monoisotopic (exact) mass is 1370 g/mol. The third kappa shape index (κ3) is 16.2. The van der Waals surface area contributed by atoms with Gasteiger partial charge < -0.3 is 80.4 Å². The maximum absolute atomic E-state index is 12.9. The molecule has 4 aromatic carbocycles. The third-order valence-corrected chi connectivity index (χ3v) is 15.9. The van der Waals surface area contributed by atoms with Gasteiger partial charge in [-0.05, 0) is 143 Å². The normalized spacial score (nSPS) is 13.4.